The van der Waals surface area contributed by atoms with Gasteiger partial charge < -0.3 is 14.6 Å². The summed E-state index contributed by atoms with van der Waals surface area (Å²) < 4.78 is 7.01. The number of rotatable bonds is 7. The van der Waals surface area contributed by atoms with Crippen molar-refractivity contribution in [3.8, 4) is 33.9 Å². The van der Waals surface area contributed by atoms with Gasteiger partial charge in [-0.1, -0.05) is 152 Å². The molecule has 0 radical (unpaired) electrons. The summed E-state index contributed by atoms with van der Waals surface area (Å²) in [7, 11) is 0. The molecule has 0 fully saturated rings. The van der Waals surface area contributed by atoms with E-state index in [1.807, 2.05) is 42.7 Å². The fourth-order valence-corrected chi connectivity index (χ4v) is 9.83. The molecule has 0 N–H and O–H groups in total. The van der Waals surface area contributed by atoms with Crippen molar-refractivity contribution in [1.82, 2.24) is 9.97 Å². The number of hydrogen-bond donors (Lipinski definition) is 0. The zero-order valence-corrected chi connectivity index (χ0v) is 43.3. The van der Waals surface area contributed by atoms with Crippen LogP contribution in [0.15, 0.2) is 152 Å². The molecular formula is C62H61N3OPt. The third-order valence-electron chi connectivity index (χ3n) is 13.2. The first-order chi connectivity index (χ1) is 31.3. The second-order valence-corrected chi connectivity index (χ2v) is 21.2. The summed E-state index contributed by atoms with van der Waals surface area (Å²) in [5, 5.41) is 0. The number of hydrogen-bond acceptors (Lipinski definition) is 4. The molecule has 0 amide bonds. The average molecular weight is 1060 g/mol. The van der Waals surface area contributed by atoms with Crippen LogP contribution in [0.25, 0.3) is 22.4 Å². The van der Waals surface area contributed by atoms with Gasteiger partial charge in [-0.05, 0) is 130 Å². The summed E-state index contributed by atoms with van der Waals surface area (Å²) in [4.78, 5) is 12.5. The van der Waals surface area contributed by atoms with E-state index in [0.29, 0.717) is 11.5 Å². The van der Waals surface area contributed by atoms with E-state index in [1.54, 1.807) is 0 Å². The summed E-state index contributed by atoms with van der Waals surface area (Å²) >= 11 is 0. The van der Waals surface area contributed by atoms with E-state index in [4.69, 9.17) is 14.7 Å². The third-order valence-corrected chi connectivity index (χ3v) is 13.2. The molecule has 0 aliphatic carbocycles. The van der Waals surface area contributed by atoms with Crippen molar-refractivity contribution in [3.05, 3.63) is 220 Å². The topological polar surface area (TPSA) is 38.2 Å². The minimum Gasteiger partial charge on any atom is -0.503 e. The van der Waals surface area contributed by atoms with Crippen molar-refractivity contribution < 1.29 is 25.8 Å². The third kappa shape index (κ3) is 8.94. The van der Waals surface area contributed by atoms with E-state index in [0.717, 1.165) is 56.3 Å². The van der Waals surface area contributed by atoms with E-state index in [-0.39, 0.29) is 37.3 Å². The molecule has 9 rings (SSSR count). The first-order valence-electron chi connectivity index (χ1n) is 23.2. The summed E-state index contributed by atoms with van der Waals surface area (Å²) in [6.45, 7) is 27.1. The van der Waals surface area contributed by atoms with Crippen LogP contribution in [0.5, 0.6) is 11.5 Å². The van der Waals surface area contributed by atoms with Gasteiger partial charge >= 0.3 is 21.1 Å². The van der Waals surface area contributed by atoms with Gasteiger partial charge in [0.2, 0.25) is 0 Å². The maximum Gasteiger partial charge on any atom is 2.00 e. The SMILES string of the molecule is Cc1cc(C)c(-c2cc(Oc3[c-]c(C4(c5ccccn5)c5cc(C(C)(C)C)ccc5N(c5ccc(C(C)(C)C)cc5)c5ccc(C(C)(C)C)cc54)ccc3)[c-]c(-c3ccccn3)c2)c(C)c1.[Pt+2]. The Labute approximate surface area is 413 Å². The quantitative estimate of drug-likeness (QED) is 0.149. The summed E-state index contributed by atoms with van der Waals surface area (Å²) in [6.07, 6.45) is 3.75. The molecule has 4 nitrogen and oxygen atoms in total. The number of aryl methyl sites for hydroxylation is 3. The second-order valence-electron chi connectivity index (χ2n) is 21.2. The smallest absolute Gasteiger partial charge is 0.503 e. The summed E-state index contributed by atoms with van der Waals surface area (Å²) in [6, 6.07) is 58.1. The normalized spacial score (nSPS) is 13.3. The van der Waals surface area contributed by atoms with Crippen LogP contribution < -0.4 is 9.64 Å². The van der Waals surface area contributed by atoms with Gasteiger partial charge in [0.15, 0.2) is 0 Å². The van der Waals surface area contributed by atoms with Gasteiger partial charge in [-0.2, -0.15) is 12.1 Å². The van der Waals surface area contributed by atoms with Crippen LogP contribution >= 0.6 is 0 Å². The fraction of sp³-hybridized carbons (Fsp3) is 0.258. The number of nitrogens with zero attached hydrogens (tertiary/aromatic N) is 3. The van der Waals surface area contributed by atoms with Crippen LogP contribution in [0, 0.1) is 32.9 Å². The molecule has 0 spiro atoms. The summed E-state index contributed by atoms with van der Waals surface area (Å²) in [5.41, 5.74) is 17.6. The van der Waals surface area contributed by atoms with Crippen molar-refractivity contribution >= 4 is 17.1 Å². The maximum atomic E-state index is 7.01. The van der Waals surface area contributed by atoms with E-state index in [1.165, 1.54) is 38.9 Å². The van der Waals surface area contributed by atoms with Gasteiger partial charge in [0, 0.05) is 29.6 Å². The number of pyridine rings is 2. The minimum absolute atomic E-state index is 0. The molecular weight excluding hydrogens is 998 g/mol. The molecule has 6 aromatic carbocycles. The van der Waals surface area contributed by atoms with Gasteiger partial charge in [0.1, 0.15) is 0 Å². The van der Waals surface area contributed by atoms with Crippen LogP contribution in [-0.2, 0) is 42.7 Å². The van der Waals surface area contributed by atoms with Gasteiger partial charge in [-0.25, -0.2) is 0 Å². The first-order valence-corrected chi connectivity index (χ1v) is 23.2. The Morgan fingerprint density at radius 1 is 0.522 bits per heavy atom. The van der Waals surface area contributed by atoms with Crippen LogP contribution in [0.3, 0.4) is 0 Å². The largest absolute Gasteiger partial charge is 2.00 e. The number of ether oxygens (including phenoxy) is 1. The van der Waals surface area contributed by atoms with Crippen molar-refractivity contribution in [2.75, 3.05) is 4.90 Å². The van der Waals surface area contributed by atoms with E-state index < -0.39 is 5.41 Å². The number of aromatic nitrogens is 2. The Morgan fingerprint density at radius 2 is 1.09 bits per heavy atom. The molecule has 0 atom stereocenters. The molecule has 0 unspecified atom stereocenters. The van der Waals surface area contributed by atoms with Crippen molar-refractivity contribution in [2.24, 2.45) is 0 Å². The Hall–Kier alpha value is -6.09. The molecule has 0 saturated carbocycles. The monoisotopic (exact) mass is 1060 g/mol. The molecule has 5 heteroatoms. The molecule has 0 saturated heterocycles. The van der Waals surface area contributed by atoms with Crippen molar-refractivity contribution in [2.45, 2.75) is 105 Å². The number of benzene rings is 6. The Balaban J connectivity index is 0.00000608. The number of fused-ring (bicyclic) bond motifs is 2. The molecule has 2 aromatic heterocycles. The van der Waals surface area contributed by atoms with Gasteiger partial charge in [0.25, 0.3) is 0 Å². The predicted octanol–water partition coefficient (Wildman–Crippen LogP) is 16.2. The molecule has 67 heavy (non-hydrogen) atoms. The van der Waals surface area contributed by atoms with E-state index in [9.17, 15) is 0 Å². The zero-order chi connectivity index (χ0) is 46.8. The average Bonchev–Trinajstić information content (AvgIpc) is 3.27. The standard InChI is InChI=1S/C62H61N3O.Pt/c1-40-32-41(2)58(42(3)33-40)44-34-43(54-20-13-15-30-63-54)35-51(36-44)66-50-19-17-18-48(37-50)62(57-21-14-16-31-64-57)52-38-46(60(7,8)9)24-28-55(52)65(49-26-22-45(23-27-49)59(4,5)6)56-29-25-47(39-53(56)62)61(10,11)12;/h13-34,36,38-39H,1-12H3;/q-2;+2. The molecule has 3 heterocycles. The minimum atomic E-state index is -0.906. The summed E-state index contributed by atoms with van der Waals surface area (Å²) in [5.74, 6) is 1.18. The Morgan fingerprint density at radius 3 is 1.63 bits per heavy atom. The van der Waals surface area contributed by atoms with Crippen molar-refractivity contribution in [3.63, 3.8) is 0 Å². The van der Waals surface area contributed by atoms with E-state index >= 15 is 0 Å². The molecule has 1 aliphatic rings. The van der Waals surface area contributed by atoms with Crippen LogP contribution in [0.4, 0.5) is 17.1 Å². The van der Waals surface area contributed by atoms with Crippen LogP contribution in [0.2, 0.25) is 0 Å². The van der Waals surface area contributed by atoms with Gasteiger partial charge in [-0.3, -0.25) is 4.98 Å². The molecule has 1 aliphatic heterocycles. The van der Waals surface area contributed by atoms with Crippen LogP contribution in [0.1, 0.15) is 118 Å². The Kier molecular flexibility index (Phi) is 12.6. The first kappa shape index (κ1) is 47.4. The van der Waals surface area contributed by atoms with Crippen LogP contribution in [-0.4, -0.2) is 9.97 Å². The fourth-order valence-electron chi connectivity index (χ4n) is 9.83. The predicted molar refractivity (Wildman–Crippen MR) is 274 cm³/mol. The maximum absolute atomic E-state index is 7.01. The second kappa shape index (κ2) is 17.9. The number of anilines is 3. The van der Waals surface area contributed by atoms with Gasteiger partial charge in [0.05, 0.1) is 22.5 Å². The molecule has 340 valence electrons. The van der Waals surface area contributed by atoms with Gasteiger partial charge in [-0.15, -0.1) is 29.3 Å². The Bertz CT molecular complexity index is 2990. The molecule has 0 bridgehead atoms. The zero-order valence-electron chi connectivity index (χ0n) is 41.0. The van der Waals surface area contributed by atoms with E-state index in [2.05, 4.69) is 209 Å². The van der Waals surface area contributed by atoms with Crippen molar-refractivity contribution in [1.29, 1.82) is 0 Å². The molecule has 8 aromatic rings.